The summed E-state index contributed by atoms with van der Waals surface area (Å²) in [5.41, 5.74) is 0.991. The molecule has 0 spiro atoms. The van der Waals surface area contributed by atoms with Gasteiger partial charge in [0.15, 0.2) is 0 Å². The molecule has 0 amide bonds. The summed E-state index contributed by atoms with van der Waals surface area (Å²) in [7, 11) is 1.39. The summed E-state index contributed by atoms with van der Waals surface area (Å²) < 4.78 is 10.4. The van der Waals surface area contributed by atoms with Crippen molar-refractivity contribution in [2.45, 2.75) is 12.1 Å². The lowest BCUT2D eigenvalue weighted by molar-refractivity contribution is -0.150. The van der Waals surface area contributed by atoms with E-state index in [1.54, 1.807) is 0 Å². The van der Waals surface area contributed by atoms with Crippen molar-refractivity contribution in [3.63, 3.8) is 0 Å². The van der Waals surface area contributed by atoms with E-state index in [9.17, 15) is 4.79 Å². The van der Waals surface area contributed by atoms with E-state index in [1.165, 1.54) is 7.11 Å². The summed E-state index contributed by atoms with van der Waals surface area (Å²) in [6.45, 7) is 1.27. The standard InChI is InChI=1S/C12H15NO3/c1-15-12(14)10-11(16-8-7-13-10)9-5-3-2-4-6-9/h2-6,10-11,13H,7-8H2,1H3. The number of carbonyl (C=O) groups excluding carboxylic acids is 1. The Hall–Kier alpha value is -1.39. The molecule has 2 rings (SSSR count). The zero-order valence-corrected chi connectivity index (χ0v) is 9.18. The van der Waals surface area contributed by atoms with Crippen LogP contribution in [0.25, 0.3) is 0 Å². The molecule has 0 radical (unpaired) electrons. The van der Waals surface area contributed by atoms with Gasteiger partial charge in [0.05, 0.1) is 13.7 Å². The van der Waals surface area contributed by atoms with Crippen molar-refractivity contribution in [3.8, 4) is 0 Å². The highest BCUT2D eigenvalue weighted by Gasteiger charge is 2.33. The van der Waals surface area contributed by atoms with E-state index in [1.807, 2.05) is 30.3 Å². The lowest BCUT2D eigenvalue weighted by atomic mass is 10.0. The van der Waals surface area contributed by atoms with Crippen molar-refractivity contribution >= 4 is 5.97 Å². The van der Waals surface area contributed by atoms with Crippen LogP contribution in [0.4, 0.5) is 0 Å². The number of rotatable bonds is 2. The van der Waals surface area contributed by atoms with Gasteiger partial charge in [-0.15, -0.1) is 0 Å². The van der Waals surface area contributed by atoms with Crippen molar-refractivity contribution in [2.24, 2.45) is 0 Å². The zero-order chi connectivity index (χ0) is 11.4. The first kappa shape index (κ1) is 11.1. The second-order valence-corrected chi connectivity index (χ2v) is 3.66. The van der Waals surface area contributed by atoms with Crippen molar-refractivity contribution in [2.75, 3.05) is 20.3 Å². The maximum atomic E-state index is 11.6. The van der Waals surface area contributed by atoms with Crippen LogP contribution in [0.15, 0.2) is 30.3 Å². The van der Waals surface area contributed by atoms with Crippen LogP contribution in [-0.4, -0.2) is 32.3 Å². The molecule has 0 aliphatic carbocycles. The minimum Gasteiger partial charge on any atom is -0.468 e. The maximum absolute atomic E-state index is 11.6. The third-order valence-corrected chi connectivity index (χ3v) is 2.65. The van der Waals surface area contributed by atoms with Gasteiger partial charge in [0.25, 0.3) is 0 Å². The predicted molar refractivity (Wildman–Crippen MR) is 58.9 cm³/mol. The quantitative estimate of drug-likeness (QED) is 0.753. The molecule has 86 valence electrons. The number of esters is 1. The molecule has 0 saturated carbocycles. The van der Waals surface area contributed by atoms with Crippen molar-refractivity contribution in [1.29, 1.82) is 0 Å². The van der Waals surface area contributed by atoms with E-state index in [4.69, 9.17) is 9.47 Å². The number of hydrogen-bond donors (Lipinski definition) is 1. The number of ether oxygens (including phenoxy) is 2. The van der Waals surface area contributed by atoms with Gasteiger partial charge in [-0.2, -0.15) is 0 Å². The summed E-state index contributed by atoms with van der Waals surface area (Å²) in [6, 6.07) is 9.29. The van der Waals surface area contributed by atoms with Crippen molar-refractivity contribution < 1.29 is 14.3 Å². The van der Waals surface area contributed by atoms with Crippen LogP contribution in [0, 0.1) is 0 Å². The van der Waals surface area contributed by atoms with Crippen LogP contribution in [0.3, 0.4) is 0 Å². The molecule has 4 heteroatoms. The molecule has 1 aliphatic rings. The average Bonchev–Trinajstić information content (AvgIpc) is 2.39. The van der Waals surface area contributed by atoms with Crippen LogP contribution in [0.2, 0.25) is 0 Å². The van der Waals surface area contributed by atoms with Crippen LogP contribution < -0.4 is 5.32 Å². The highest BCUT2D eigenvalue weighted by molar-refractivity contribution is 5.76. The first-order chi connectivity index (χ1) is 7.83. The number of carbonyl (C=O) groups is 1. The first-order valence-corrected chi connectivity index (χ1v) is 5.30. The summed E-state index contributed by atoms with van der Waals surface area (Å²) >= 11 is 0. The Kier molecular flexibility index (Phi) is 3.54. The van der Waals surface area contributed by atoms with E-state index >= 15 is 0 Å². The molecule has 1 N–H and O–H groups in total. The number of benzene rings is 1. The molecule has 2 unspecified atom stereocenters. The van der Waals surface area contributed by atoms with E-state index < -0.39 is 6.04 Å². The third kappa shape index (κ3) is 2.23. The Balaban J connectivity index is 2.20. The van der Waals surface area contributed by atoms with E-state index in [-0.39, 0.29) is 12.1 Å². The lowest BCUT2D eigenvalue weighted by Gasteiger charge is -2.31. The van der Waals surface area contributed by atoms with Gasteiger partial charge in [0.1, 0.15) is 12.1 Å². The molecule has 0 aromatic heterocycles. The number of morpholine rings is 1. The first-order valence-electron chi connectivity index (χ1n) is 5.30. The minimum atomic E-state index is -0.416. The SMILES string of the molecule is COC(=O)C1NCCOC1c1ccccc1. The van der Waals surface area contributed by atoms with Crippen LogP contribution in [-0.2, 0) is 14.3 Å². The fourth-order valence-electron chi connectivity index (χ4n) is 1.87. The Morgan fingerprint density at radius 2 is 2.19 bits per heavy atom. The molecular weight excluding hydrogens is 206 g/mol. The summed E-state index contributed by atoms with van der Waals surface area (Å²) in [5.74, 6) is -0.284. The minimum absolute atomic E-state index is 0.262. The van der Waals surface area contributed by atoms with Gasteiger partial charge < -0.3 is 9.47 Å². The number of methoxy groups -OCH3 is 1. The van der Waals surface area contributed by atoms with Crippen molar-refractivity contribution in [3.05, 3.63) is 35.9 Å². The van der Waals surface area contributed by atoms with E-state index in [2.05, 4.69) is 5.32 Å². The molecule has 4 nitrogen and oxygen atoms in total. The predicted octanol–water partition coefficient (Wildman–Crippen LogP) is 0.889. The average molecular weight is 221 g/mol. The van der Waals surface area contributed by atoms with Crippen LogP contribution in [0.5, 0.6) is 0 Å². The van der Waals surface area contributed by atoms with Gasteiger partial charge in [0, 0.05) is 6.54 Å². The molecule has 1 saturated heterocycles. The summed E-state index contributed by atoms with van der Waals surface area (Å²) in [5, 5.41) is 3.12. The molecule has 1 aliphatic heterocycles. The Morgan fingerprint density at radius 3 is 2.88 bits per heavy atom. The Morgan fingerprint density at radius 1 is 1.44 bits per heavy atom. The topological polar surface area (TPSA) is 47.6 Å². The van der Waals surface area contributed by atoms with Crippen LogP contribution >= 0.6 is 0 Å². The second kappa shape index (κ2) is 5.09. The number of nitrogens with one attached hydrogen (secondary N) is 1. The molecule has 1 aromatic rings. The van der Waals surface area contributed by atoms with Crippen molar-refractivity contribution in [1.82, 2.24) is 5.32 Å². The van der Waals surface area contributed by atoms with Gasteiger partial charge in [-0.3, -0.25) is 10.1 Å². The second-order valence-electron chi connectivity index (χ2n) is 3.66. The highest BCUT2D eigenvalue weighted by Crippen LogP contribution is 2.24. The molecule has 1 aromatic carbocycles. The van der Waals surface area contributed by atoms with Gasteiger partial charge in [-0.1, -0.05) is 30.3 Å². The third-order valence-electron chi connectivity index (χ3n) is 2.65. The molecule has 2 atom stereocenters. The van der Waals surface area contributed by atoms with Crippen LogP contribution in [0.1, 0.15) is 11.7 Å². The van der Waals surface area contributed by atoms with Gasteiger partial charge >= 0.3 is 5.97 Å². The molecule has 1 heterocycles. The summed E-state index contributed by atoms with van der Waals surface area (Å²) in [6.07, 6.45) is -0.262. The largest absolute Gasteiger partial charge is 0.468 e. The molecule has 0 bridgehead atoms. The smallest absolute Gasteiger partial charge is 0.325 e. The number of hydrogen-bond acceptors (Lipinski definition) is 4. The van der Waals surface area contributed by atoms with Gasteiger partial charge in [-0.05, 0) is 5.56 Å². The van der Waals surface area contributed by atoms with Gasteiger partial charge in [0.2, 0.25) is 0 Å². The Bertz CT molecular complexity index is 353. The molecule has 1 fully saturated rings. The molecule has 16 heavy (non-hydrogen) atoms. The normalized spacial score (nSPS) is 25.1. The van der Waals surface area contributed by atoms with Gasteiger partial charge in [-0.25, -0.2) is 0 Å². The van der Waals surface area contributed by atoms with E-state index in [0.29, 0.717) is 13.2 Å². The molecular formula is C12H15NO3. The lowest BCUT2D eigenvalue weighted by Crippen LogP contribution is -2.48. The zero-order valence-electron chi connectivity index (χ0n) is 9.18. The fraction of sp³-hybridized carbons (Fsp3) is 0.417. The fourth-order valence-corrected chi connectivity index (χ4v) is 1.87. The summed E-state index contributed by atoms with van der Waals surface area (Å²) in [4.78, 5) is 11.6. The van der Waals surface area contributed by atoms with E-state index in [0.717, 1.165) is 5.56 Å². The monoisotopic (exact) mass is 221 g/mol. The highest BCUT2D eigenvalue weighted by atomic mass is 16.5. The Labute approximate surface area is 94.6 Å². The maximum Gasteiger partial charge on any atom is 0.325 e.